The summed E-state index contributed by atoms with van der Waals surface area (Å²) in [5.74, 6) is 0.762. The third-order valence-electron chi connectivity index (χ3n) is 6.33. The summed E-state index contributed by atoms with van der Waals surface area (Å²) >= 11 is 0. The second-order valence-electron chi connectivity index (χ2n) is 8.28. The third kappa shape index (κ3) is 3.45. The van der Waals surface area contributed by atoms with Crippen LogP contribution in [0.4, 0.5) is 0 Å². The number of benzene rings is 1. The maximum Gasteiger partial charge on any atom is 0.173 e. The molecular weight excluding hydrogens is 326 g/mol. The summed E-state index contributed by atoms with van der Waals surface area (Å²) in [7, 11) is 0. The molecule has 5 unspecified atom stereocenters. The van der Waals surface area contributed by atoms with Gasteiger partial charge >= 0.3 is 0 Å². The van der Waals surface area contributed by atoms with Gasteiger partial charge in [0.1, 0.15) is 6.10 Å². The van der Waals surface area contributed by atoms with E-state index < -0.39 is 0 Å². The van der Waals surface area contributed by atoms with Crippen LogP contribution < -0.4 is 0 Å². The van der Waals surface area contributed by atoms with Crippen LogP contribution in [0.2, 0.25) is 0 Å². The zero-order chi connectivity index (χ0) is 18.1. The largest absolute Gasteiger partial charge is 0.496 e. The minimum absolute atomic E-state index is 0.0107. The van der Waals surface area contributed by atoms with E-state index in [1.54, 1.807) is 6.26 Å². The van der Waals surface area contributed by atoms with E-state index in [2.05, 4.69) is 11.8 Å². The molecule has 0 radical (unpaired) electrons. The van der Waals surface area contributed by atoms with Gasteiger partial charge in [0, 0.05) is 19.0 Å². The molecule has 2 heterocycles. The summed E-state index contributed by atoms with van der Waals surface area (Å²) in [6.07, 6.45) is 4.96. The molecule has 0 amide bonds. The SMILES string of the molecule is CC1CCCN(CC2C(O)CCC3C(=O)C(c4ccccc4)=COC32)C1. The van der Waals surface area contributed by atoms with Gasteiger partial charge in [-0.25, -0.2) is 0 Å². The number of hydrogen-bond acceptors (Lipinski definition) is 4. The first-order chi connectivity index (χ1) is 12.6. The van der Waals surface area contributed by atoms with Crippen LogP contribution in [0, 0.1) is 17.8 Å². The summed E-state index contributed by atoms with van der Waals surface area (Å²) in [5.41, 5.74) is 1.59. The van der Waals surface area contributed by atoms with Crippen molar-refractivity contribution >= 4 is 11.4 Å². The van der Waals surface area contributed by atoms with Crippen LogP contribution in [0.15, 0.2) is 36.6 Å². The Morgan fingerprint density at radius 2 is 2.00 bits per heavy atom. The highest BCUT2D eigenvalue weighted by molar-refractivity contribution is 6.22. The van der Waals surface area contributed by atoms with Crippen LogP contribution in [0.25, 0.3) is 5.57 Å². The van der Waals surface area contributed by atoms with Crippen molar-refractivity contribution in [2.45, 2.75) is 44.8 Å². The highest BCUT2D eigenvalue weighted by atomic mass is 16.5. The molecule has 4 heteroatoms. The Morgan fingerprint density at radius 3 is 2.77 bits per heavy atom. The second kappa shape index (κ2) is 7.53. The number of aliphatic hydroxyl groups excluding tert-OH is 1. The van der Waals surface area contributed by atoms with Crippen molar-refractivity contribution in [2.24, 2.45) is 17.8 Å². The Labute approximate surface area is 155 Å². The summed E-state index contributed by atoms with van der Waals surface area (Å²) < 4.78 is 6.10. The lowest BCUT2D eigenvalue weighted by Gasteiger charge is -2.44. The van der Waals surface area contributed by atoms with E-state index in [-0.39, 0.29) is 29.8 Å². The third-order valence-corrected chi connectivity index (χ3v) is 6.33. The van der Waals surface area contributed by atoms with Crippen LogP contribution in [0.1, 0.15) is 38.2 Å². The van der Waals surface area contributed by atoms with Crippen molar-refractivity contribution < 1.29 is 14.6 Å². The number of piperidine rings is 1. The average Bonchev–Trinajstić information content (AvgIpc) is 2.65. The van der Waals surface area contributed by atoms with E-state index >= 15 is 0 Å². The maximum absolute atomic E-state index is 13.1. The van der Waals surface area contributed by atoms with Gasteiger partial charge in [0.05, 0.1) is 23.9 Å². The highest BCUT2D eigenvalue weighted by Gasteiger charge is 2.46. The molecule has 4 nitrogen and oxygen atoms in total. The molecule has 1 saturated heterocycles. The van der Waals surface area contributed by atoms with Crippen molar-refractivity contribution in [3.05, 3.63) is 42.2 Å². The first-order valence-electron chi connectivity index (χ1n) is 9.99. The number of ether oxygens (including phenoxy) is 1. The fraction of sp³-hybridized carbons (Fsp3) is 0.591. The smallest absolute Gasteiger partial charge is 0.173 e. The molecule has 0 bridgehead atoms. The molecule has 2 aliphatic heterocycles. The monoisotopic (exact) mass is 355 g/mol. The number of Topliss-reactive ketones (excluding diaryl/α,β-unsaturated/α-hetero) is 1. The van der Waals surface area contributed by atoms with Crippen molar-refractivity contribution in [3.63, 3.8) is 0 Å². The molecule has 5 atom stereocenters. The maximum atomic E-state index is 13.1. The van der Waals surface area contributed by atoms with Gasteiger partial charge in [-0.05, 0) is 43.7 Å². The predicted molar refractivity (Wildman–Crippen MR) is 101 cm³/mol. The molecule has 1 aromatic rings. The number of hydrogen-bond donors (Lipinski definition) is 1. The van der Waals surface area contributed by atoms with Crippen LogP contribution in [-0.4, -0.2) is 47.6 Å². The number of aliphatic hydroxyl groups is 1. The quantitative estimate of drug-likeness (QED) is 0.905. The number of rotatable bonds is 3. The number of nitrogens with zero attached hydrogens (tertiary/aromatic N) is 1. The van der Waals surface area contributed by atoms with E-state index in [1.807, 2.05) is 30.3 Å². The van der Waals surface area contributed by atoms with Gasteiger partial charge in [-0.15, -0.1) is 0 Å². The Balaban J connectivity index is 1.53. The van der Waals surface area contributed by atoms with Crippen molar-refractivity contribution in [1.29, 1.82) is 0 Å². The Kier molecular flexibility index (Phi) is 5.14. The Bertz CT molecular complexity index is 671. The minimum Gasteiger partial charge on any atom is -0.496 e. The lowest BCUT2D eigenvalue weighted by molar-refractivity contribution is -0.133. The number of ketones is 1. The molecule has 26 heavy (non-hydrogen) atoms. The lowest BCUT2D eigenvalue weighted by atomic mass is 9.72. The molecular formula is C22H29NO3. The zero-order valence-electron chi connectivity index (χ0n) is 15.5. The van der Waals surface area contributed by atoms with Gasteiger partial charge in [0.2, 0.25) is 0 Å². The summed E-state index contributed by atoms with van der Waals surface area (Å²) in [6, 6.07) is 9.75. The molecule has 140 valence electrons. The van der Waals surface area contributed by atoms with Crippen molar-refractivity contribution in [3.8, 4) is 0 Å². The lowest BCUT2D eigenvalue weighted by Crippen LogP contribution is -2.52. The van der Waals surface area contributed by atoms with Gasteiger partial charge in [-0.1, -0.05) is 37.3 Å². The molecule has 1 N–H and O–H groups in total. The van der Waals surface area contributed by atoms with Crippen LogP contribution in [-0.2, 0) is 9.53 Å². The van der Waals surface area contributed by atoms with Crippen LogP contribution in [0.3, 0.4) is 0 Å². The number of carbonyl (C=O) groups is 1. The van der Waals surface area contributed by atoms with Gasteiger partial charge in [-0.3, -0.25) is 4.79 Å². The topological polar surface area (TPSA) is 49.8 Å². The molecule has 1 aliphatic carbocycles. The van der Waals surface area contributed by atoms with E-state index in [9.17, 15) is 9.90 Å². The number of allylic oxidation sites excluding steroid dienone is 1. The van der Waals surface area contributed by atoms with Gasteiger partial charge in [0.15, 0.2) is 5.78 Å². The molecule has 2 fully saturated rings. The van der Waals surface area contributed by atoms with E-state index in [0.29, 0.717) is 24.3 Å². The highest BCUT2D eigenvalue weighted by Crippen LogP contribution is 2.40. The number of likely N-dealkylation sites (tertiary alicyclic amines) is 1. The molecule has 1 aromatic carbocycles. The first kappa shape index (κ1) is 17.7. The summed E-state index contributed by atoms with van der Waals surface area (Å²) in [6.45, 7) is 5.29. The van der Waals surface area contributed by atoms with Gasteiger partial charge in [0.25, 0.3) is 0 Å². The van der Waals surface area contributed by atoms with Crippen molar-refractivity contribution in [1.82, 2.24) is 4.90 Å². The number of carbonyl (C=O) groups excluding carboxylic acids is 1. The predicted octanol–water partition coefficient (Wildman–Crippen LogP) is 3.11. The molecule has 0 spiro atoms. The zero-order valence-corrected chi connectivity index (χ0v) is 15.5. The molecule has 1 saturated carbocycles. The van der Waals surface area contributed by atoms with Crippen molar-refractivity contribution in [2.75, 3.05) is 19.6 Å². The Morgan fingerprint density at radius 1 is 1.19 bits per heavy atom. The summed E-state index contributed by atoms with van der Waals surface area (Å²) in [4.78, 5) is 15.6. The van der Waals surface area contributed by atoms with E-state index in [0.717, 1.165) is 25.2 Å². The first-order valence-corrected chi connectivity index (χ1v) is 9.99. The molecule has 3 aliphatic rings. The van der Waals surface area contributed by atoms with E-state index in [1.165, 1.54) is 12.8 Å². The molecule has 0 aromatic heterocycles. The standard InChI is InChI=1S/C22H29NO3/c1-15-6-5-11-23(12-15)13-18-20(24)10-9-17-21(25)19(14-26-22(17)18)16-7-3-2-4-8-16/h2-4,7-8,14-15,17-18,20,22,24H,5-6,9-13H2,1H3. The van der Waals surface area contributed by atoms with E-state index in [4.69, 9.17) is 4.74 Å². The number of fused-ring (bicyclic) bond motifs is 1. The van der Waals surface area contributed by atoms with Gasteiger partial charge in [-0.2, -0.15) is 0 Å². The molecule has 4 rings (SSSR count). The van der Waals surface area contributed by atoms with Gasteiger partial charge < -0.3 is 14.7 Å². The second-order valence-corrected chi connectivity index (χ2v) is 8.28. The fourth-order valence-electron chi connectivity index (χ4n) is 4.93. The van der Waals surface area contributed by atoms with Crippen LogP contribution >= 0.6 is 0 Å². The Hall–Kier alpha value is -1.65. The average molecular weight is 355 g/mol. The minimum atomic E-state index is -0.382. The normalized spacial score (nSPS) is 35.4. The van der Waals surface area contributed by atoms with Crippen LogP contribution in [0.5, 0.6) is 0 Å². The summed E-state index contributed by atoms with van der Waals surface area (Å²) in [5, 5.41) is 10.6. The fourth-order valence-corrected chi connectivity index (χ4v) is 4.93.